The van der Waals surface area contributed by atoms with Gasteiger partial charge >= 0.3 is 0 Å². The second kappa shape index (κ2) is 5.46. The lowest BCUT2D eigenvalue weighted by Gasteiger charge is -2.60. The van der Waals surface area contributed by atoms with Crippen molar-refractivity contribution in [2.24, 2.45) is 34.5 Å². The zero-order chi connectivity index (χ0) is 19.1. The highest BCUT2D eigenvalue weighted by molar-refractivity contribution is 5.93. The molecular weight excluding hydrogens is 335 g/mol. The average molecular weight is 364 g/mol. The normalized spacial score (nSPS) is 53.7. The summed E-state index contributed by atoms with van der Waals surface area (Å²) in [4.78, 5) is 37.4. The van der Waals surface area contributed by atoms with Crippen LogP contribution in [0, 0.1) is 34.5 Å². The van der Waals surface area contributed by atoms with E-state index < -0.39 is 34.7 Å². The molecule has 0 amide bonds. The van der Waals surface area contributed by atoms with Crippen molar-refractivity contribution < 1.29 is 23.9 Å². The van der Waals surface area contributed by atoms with Crippen LogP contribution in [0.5, 0.6) is 0 Å². The fourth-order valence-corrected chi connectivity index (χ4v) is 7.39. The molecule has 1 N–H and O–H groups in total. The summed E-state index contributed by atoms with van der Waals surface area (Å²) in [5.41, 5.74) is -3.42. The molecule has 0 aromatic rings. The van der Waals surface area contributed by atoms with Gasteiger partial charge in [-0.2, -0.15) is 0 Å². The molecule has 4 fully saturated rings. The number of hydrogen-bond acceptors (Lipinski definition) is 4. The Balaban J connectivity index is 1.78. The minimum atomic E-state index is -1.82. The molecule has 0 radical (unpaired) electrons. The number of carbonyl (C=O) groups is 3. The molecule has 0 bridgehead atoms. The molecule has 1 unspecified atom stereocenters. The Morgan fingerprint density at radius 1 is 1.15 bits per heavy atom. The lowest BCUT2D eigenvalue weighted by molar-refractivity contribution is -0.192. The van der Waals surface area contributed by atoms with E-state index in [0.29, 0.717) is 25.7 Å². The summed E-state index contributed by atoms with van der Waals surface area (Å²) in [6.07, 6.45) is 2.28. The Kier molecular flexibility index (Phi) is 3.84. The molecular formula is C21H29FO4. The SMILES string of the molecule is CC(=O)[C@@]1(O)CC[C@H]2[C@@H]3CCC4CC(=O)CC[C@]4(C)[C@H]3C(=O)[C@H](F)[C@@]21C. The molecule has 5 heteroatoms. The van der Waals surface area contributed by atoms with Gasteiger partial charge in [0, 0.05) is 24.2 Å². The molecule has 4 nitrogen and oxygen atoms in total. The van der Waals surface area contributed by atoms with E-state index in [-0.39, 0.29) is 35.4 Å². The van der Waals surface area contributed by atoms with E-state index in [1.807, 2.05) is 0 Å². The molecule has 8 atom stereocenters. The van der Waals surface area contributed by atoms with Gasteiger partial charge < -0.3 is 5.11 Å². The van der Waals surface area contributed by atoms with Crippen LogP contribution in [0.4, 0.5) is 4.39 Å². The van der Waals surface area contributed by atoms with Crippen LogP contribution in [0.15, 0.2) is 0 Å². The Morgan fingerprint density at radius 3 is 2.50 bits per heavy atom. The first-order valence-electron chi connectivity index (χ1n) is 10.0. The Bertz CT molecular complexity index is 689. The summed E-state index contributed by atoms with van der Waals surface area (Å²) in [7, 11) is 0. The quantitative estimate of drug-likeness (QED) is 0.776. The van der Waals surface area contributed by atoms with Crippen molar-refractivity contribution in [2.75, 3.05) is 0 Å². The molecule has 144 valence electrons. The van der Waals surface area contributed by atoms with E-state index in [9.17, 15) is 19.5 Å². The predicted molar refractivity (Wildman–Crippen MR) is 93.0 cm³/mol. The van der Waals surface area contributed by atoms with Crippen LogP contribution < -0.4 is 0 Å². The molecule has 4 aliphatic rings. The highest BCUT2D eigenvalue weighted by Gasteiger charge is 2.72. The lowest BCUT2D eigenvalue weighted by atomic mass is 9.43. The topological polar surface area (TPSA) is 71.4 Å². The minimum absolute atomic E-state index is 0.00215. The number of carbonyl (C=O) groups excluding carboxylic acids is 3. The van der Waals surface area contributed by atoms with Gasteiger partial charge in [0.1, 0.15) is 11.4 Å². The standard InChI is InChI=1S/C21H29FO4/c1-11(23)21(26)9-7-15-14-5-4-12-10-13(24)6-8-19(12,2)16(14)17(25)18(22)20(15,21)3/h12,14-16,18,26H,4-10H2,1-3H3/t12?,14-,15-,16+,18-,19-,20+,21-/m0/s1. The second-order valence-corrected chi connectivity index (χ2v) is 9.77. The van der Waals surface area contributed by atoms with Crippen LogP contribution in [-0.4, -0.2) is 34.2 Å². The number of Topliss-reactive ketones (excluding diaryl/α,β-unsaturated/α-hetero) is 3. The summed E-state index contributed by atoms with van der Waals surface area (Å²) in [5.74, 6) is -1.01. The van der Waals surface area contributed by atoms with Gasteiger partial charge in [-0.1, -0.05) is 13.8 Å². The van der Waals surface area contributed by atoms with Gasteiger partial charge in [-0.3, -0.25) is 14.4 Å². The van der Waals surface area contributed by atoms with E-state index in [1.165, 1.54) is 6.92 Å². The number of hydrogen-bond donors (Lipinski definition) is 1. The van der Waals surface area contributed by atoms with Crippen molar-refractivity contribution in [2.45, 2.75) is 77.5 Å². The molecule has 0 aromatic carbocycles. The maximum atomic E-state index is 15.6. The number of rotatable bonds is 1. The summed E-state index contributed by atoms with van der Waals surface area (Å²) >= 11 is 0. The van der Waals surface area contributed by atoms with Crippen LogP contribution in [0.1, 0.15) is 65.7 Å². The largest absolute Gasteiger partial charge is 0.381 e. The molecule has 0 saturated heterocycles. The molecule has 4 saturated carbocycles. The number of alkyl halides is 1. The average Bonchev–Trinajstić information content (AvgIpc) is 2.87. The molecule has 4 rings (SSSR count). The minimum Gasteiger partial charge on any atom is -0.381 e. The van der Waals surface area contributed by atoms with E-state index >= 15 is 4.39 Å². The highest BCUT2D eigenvalue weighted by Crippen LogP contribution is 2.67. The van der Waals surface area contributed by atoms with Crippen LogP contribution >= 0.6 is 0 Å². The van der Waals surface area contributed by atoms with E-state index in [4.69, 9.17) is 0 Å². The molecule has 26 heavy (non-hydrogen) atoms. The van der Waals surface area contributed by atoms with Crippen molar-refractivity contribution in [3.63, 3.8) is 0 Å². The maximum absolute atomic E-state index is 15.6. The Morgan fingerprint density at radius 2 is 1.85 bits per heavy atom. The molecule has 0 heterocycles. The number of fused-ring (bicyclic) bond motifs is 5. The summed E-state index contributed by atoms with van der Waals surface area (Å²) in [6, 6.07) is 0. The molecule has 4 aliphatic carbocycles. The first-order chi connectivity index (χ1) is 12.1. The zero-order valence-electron chi connectivity index (χ0n) is 15.9. The summed E-state index contributed by atoms with van der Waals surface area (Å²) in [6.45, 7) is 4.99. The smallest absolute Gasteiger partial charge is 0.171 e. The van der Waals surface area contributed by atoms with Crippen molar-refractivity contribution in [3.05, 3.63) is 0 Å². The van der Waals surface area contributed by atoms with E-state index in [1.54, 1.807) is 6.92 Å². The van der Waals surface area contributed by atoms with Crippen LogP contribution in [0.25, 0.3) is 0 Å². The highest BCUT2D eigenvalue weighted by atomic mass is 19.1. The summed E-state index contributed by atoms with van der Waals surface area (Å²) in [5, 5.41) is 11.0. The van der Waals surface area contributed by atoms with E-state index in [0.717, 1.165) is 12.8 Å². The lowest BCUT2D eigenvalue weighted by Crippen LogP contribution is -2.66. The van der Waals surface area contributed by atoms with Crippen molar-refractivity contribution in [3.8, 4) is 0 Å². The fourth-order valence-electron chi connectivity index (χ4n) is 7.39. The third kappa shape index (κ3) is 1.96. The third-order valence-electron chi connectivity index (χ3n) is 9.00. The third-order valence-corrected chi connectivity index (χ3v) is 9.00. The van der Waals surface area contributed by atoms with Gasteiger partial charge in [-0.05, 0) is 62.2 Å². The number of ketones is 3. The van der Waals surface area contributed by atoms with Gasteiger partial charge in [0.2, 0.25) is 0 Å². The van der Waals surface area contributed by atoms with Crippen molar-refractivity contribution in [1.82, 2.24) is 0 Å². The van der Waals surface area contributed by atoms with Crippen LogP contribution in [-0.2, 0) is 14.4 Å². The van der Waals surface area contributed by atoms with Crippen LogP contribution in [0.2, 0.25) is 0 Å². The second-order valence-electron chi connectivity index (χ2n) is 9.77. The van der Waals surface area contributed by atoms with Gasteiger partial charge in [0.25, 0.3) is 0 Å². The van der Waals surface area contributed by atoms with Crippen molar-refractivity contribution in [1.29, 1.82) is 0 Å². The number of aliphatic hydroxyl groups is 1. The first kappa shape index (κ1) is 18.3. The van der Waals surface area contributed by atoms with Gasteiger partial charge in [0.15, 0.2) is 17.7 Å². The Labute approximate surface area is 153 Å². The molecule has 0 spiro atoms. The fraction of sp³-hybridized carbons (Fsp3) is 0.857. The monoisotopic (exact) mass is 364 g/mol. The van der Waals surface area contributed by atoms with Gasteiger partial charge in [0.05, 0.1) is 0 Å². The predicted octanol–water partition coefficient (Wildman–Crippen LogP) is 3.05. The number of halogens is 1. The molecule has 0 aliphatic heterocycles. The Hall–Kier alpha value is -1.10. The first-order valence-corrected chi connectivity index (χ1v) is 10.0. The maximum Gasteiger partial charge on any atom is 0.171 e. The van der Waals surface area contributed by atoms with E-state index in [2.05, 4.69) is 6.92 Å². The molecule has 0 aromatic heterocycles. The van der Waals surface area contributed by atoms with Crippen LogP contribution in [0.3, 0.4) is 0 Å². The summed E-state index contributed by atoms with van der Waals surface area (Å²) < 4.78 is 15.6. The van der Waals surface area contributed by atoms with Crippen molar-refractivity contribution >= 4 is 17.3 Å². The van der Waals surface area contributed by atoms with Gasteiger partial charge in [-0.25, -0.2) is 4.39 Å². The zero-order valence-corrected chi connectivity index (χ0v) is 15.9. The van der Waals surface area contributed by atoms with Gasteiger partial charge in [-0.15, -0.1) is 0 Å².